The second-order valence-corrected chi connectivity index (χ2v) is 5.68. The van der Waals surface area contributed by atoms with E-state index < -0.39 is 0 Å². The van der Waals surface area contributed by atoms with Crippen molar-refractivity contribution in [3.05, 3.63) is 48.3 Å². The van der Waals surface area contributed by atoms with Crippen LogP contribution in [-0.2, 0) is 4.74 Å². The molecule has 1 atom stereocenters. The van der Waals surface area contributed by atoms with Crippen molar-refractivity contribution in [3.8, 4) is 11.5 Å². The normalized spacial score (nSPS) is 19.1. The van der Waals surface area contributed by atoms with Gasteiger partial charge in [-0.1, -0.05) is 6.07 Å². The lowest BCUT2D eigenvalue weighted by Gasteiger charge is -2.22. The third-order valence-corrected chi connectivity index (χ3v) is 4.34. The number of amides is 1. The van der Waals surface area contributed by atoms with Crippen molar-refractivity contribution in [2.24, 2.45) is 0 Å². The minimum absolute atomic E-state index is 0.215. The van der Waals surface area contributed by atoms with Crippen LogP contribution in [0, 0.1) is 0 Å². The Bertz CT molecular complexity index is 952. The molecule has 0 bridgehead atoms. The van der Waals surface area contributed by atoms with Gasteiger partial charge < -0.3 is 19.2 Å². The fourth-order valence-electron chi connectivity index (χ4n) is 3.15. The van der Waals surface area contributed by atoms with E-state index in [0.717, 1.165) is 28.0 Å². The summed E-state index contributed by atoms with van der Waals surface area (Å²) >= 11 is 0. The Morgan fingerprint density at radius 1 is 1.08 bits per heavy atom. The predicted molar refractivity (Wildman–Crippen MR) is 85.2 cm³/mol. The number of H-pyrrole nitrogens is 1. The number of imidazole rings is 1. The summed E-state index contributed by atoms with van der Waals surface area (Å²) in [6.07, 6.45) is 1.27. The number of rotatable bonds is 2. The average Bonchev–Trinajstić information content (AvgIpc) is 3.32. The van der Waals surface area contributed by atoms with Crippen LogP contribution in [0.1, 0.15) is 11.6 Å². The minimum Gasteiger partial charge on any atom is -0.454 e. The smallest absolute Gasteiger partial charge is 0.415 e. The van der Waals surface area contributed by atoms with Crippen molar-refractivity contribution in [1.82, 2.24) is 9.97 Å². The summed E-state index contributed by atoms with van der Waals surface area (Å²) in [5.41, 5.74) is 3.43. The number of hydrogen-bond donors (Lipinski definition) is 1. The van der Waals surface area contributed by atoms with Gasteiger partial charge in [0.1, 0.15) is 6.61 Å². The number of fused-ring (bicyclic) bond motifs is 2. The van der Waals surface area contributed by atoms with Gasteiger partial charge in [-0.15, -0.1) is 0 Å². The fourth-order valence-corrected chi connectivity index (χ4v) is 3.15. The van der Waals surface area contributed by atoms with E-state index in [4.69, 9.17) is 14.2 Å². The van der Waals surface area contributed by atoms with Gasteiger partial charge in [0.25, 0.3) is 0 Å². The van der Waals surface area contributed by atoms with Gasteiger partial charge in [-0.3, -0.25) is 4.90 Å². The molecule has 2 aromatic carbocycles. The molecule has 0 saturated carbocycles. The van der Waals surface area contributed by atoms with Gasteiger partial charge in [-0.25, -0.2) is 9.78 Å². The molecule has 5 rings (SSSR count). The Hall–Kier alpha value is -3.22. The Morgan fingerprint density at radius 3 is 2.96 bits per heavy atom. The summed E-state index contributed by atoms with van der Waals surface area (Å²) < 4.78 is 16.1. The van der Waals surface area contributed by atoms with E-state index in [9.17, 15) is 4.79 Å². The van der Waals surface area contributed by atoms with Crippen molar-refractivity contribution in [1.29, 1.82) is 0 Å². The number of aromatic amines is 1. The number of cyclic esters (lactones) is 1. The summed E-state index contributed by atoms with van der Waals surface area (Å²) in [6, 6.07) is 11.1. The van der Waals surface area contributed by atoms with E-state index >= 15 is 0 Å². The molecule has 1 saturated heterocycles. The van der Waals surface area contributed by atoms with Crippen LogP contribution < -0.4 is 14.4 Å². The van der Waals surface area contributed by atoms with E-state index in [0.29, 0.717) is 12.4 Å². The topological polar surface area (TPSA) is 76.7 Å². The van der Waals surface area contributed by atoms with Gasteiger partial charge in [-0.2, -0.15) is 0 Å². The van der Waals surface area contributed by atoms with Crippen LogP contribution >= 0.6 is 0 Å². The first kappa shape index (κ1) is 13.2. The van der Waals surface area contributed by atoms with E-state index in [1.807, 2.05) is 36.4 Å². The summed E-state index contributed by atoms with van der Waals surface area (Å²) in [5, 5.41) is 0. The number of nitrogens with one attached hydrogen (secondary N) is 1. The molecular formula is C17H13N3O4. The lowest BCUT2D eigenvalue weighted by Crippen LogP contribution is -2.27. The largest absolute Gasteiger partial charge is 0.454 e. The SMILES string of the molecule is O=C1OC[C@H](c2ccc3c(c2)OCO3)N1c1ccc2nc[nH]c2c1. The number of nitrogens with zero attached hydrogens (tertiary/aromatic N) is 2. The molecule has 3 aromatic rings. The predicted octanol–water partition coefficient (Wildman–Crippen LogP) is 2.99. The Kier molecular flexibility index (Phi) is 2.70. The van der Waals surface area contributed by atoms with E-state index in [1.165, 1.54) is 0 Å². The quantitative estimate of drug-likeness (QED) is 0.784. The molecule has 2 aliphatic heterocycles. The van der Waals surface area contributed by atoms with Gasteiger partial charge in [0, 0.05) is 0 Å². The maximum atomic E-state index is 12.3. The molecule has 1 aromatic heterocycles. The minimum atomic E-state index is -0.364. The molecule has 120 valence electrons. The van der Waals surface area contributed by atoms with E-state index in [1.54, 1.807) is 11.2 Å². The van der Waals surface area contributed by atoms with Crippen molar-refractivity contribution in [2.45, 2.75) is 6.04 Å². The Balaban J connectivity index is 1.56. The first-order valence-electron chi connectivity index (χ1n) is 7.58. The molecule has 7 nitrogen and oxygen atoms in total. The molecule has 0 aliphatic carbocycles. The van der Waals surface area contributed by atoms with Crippen molar-refractivity contribution >= 4 is 22.8 Å². The standard InChI is InChI=1S/C17H13N3O4/c21-17-20(11-2-3-12-13(6-11)19-8-18-12)14(7-22-17)10-1-4-15-16(5-10)24-9-23-15/h1-6,8,14H,7,9H2,(H,18,19)/t14-/m1/s1. The molecule has 1 N–H and O–H groups in total. The zero-order valence-electron chi connectivity index (χ0n) is 12.6. The number of carbonyl (C=O) groups excluding carboxylic acids is 1. The molecular weight excluding hydrogens is 310 g/mol. The number of benzene rings is 2. The lowest BCUT2D eigenvalue weighted by atomic mass is 10.1. The number of anilines is 1. The Labute approximate surface area is 136 Å². The van der Waals surface area contributed by atoms with Gasteiger partial charge in [0.05, 0.1) is 29.1 Å². The zero-order chi connectivity index (χ0) is 16.1. The number of carbonyl (C=O) groups is 1. The van der Waals surface area contributed by atoms with Crippen molar-refractivity contribution < 1.29 is 19.0 Å². The van der Waals surface area contributed by atoms with Gasteiger partial charge >= 0.3 is 6.09 Å². The van der Waals surface area contributed by atoms with Crippen molar-refractivity contribution in [3.63, 3.8) is 0 Å². The number of ether oxygens (including phenoxy) is 3. The highest BCUT2D eigenvalue weighted by atomic mass is 16.7. The van der Waals surface area contributed by atoms with Crippen LogP contribution in [-0.4, -0.2) is 29.5 Å². The van der Waals surface area contributed by atoms with Gasteiger partial charge in [-0.05, 0) is 35.9 Å². The summed E-state index contributed by atoms with van der Waals surface area (Å²) in [5.74, 6) is 1.41. The van der Waals surface area contributed by atoms with Crippen LogP contribution in [0.4, 0.5) is 10.5 Å². The first-order chi connectivity index (χ1) is 11.8. The average molecular weight is 323 g/mol. The summed E-state index contributed by atoms with van der Waals surface area (Å²) in [7, 11) is 0. The summed E-state index contributed by atoms with van der Waals surface area (Å²) in [4.78, 5) is 21.2. The molecule has 2 aliphatic rings. The van der Waals surface area contributed by atoms with Crippen molar-refractivity contribution in [2.75, 3.05) is 18.3 Å². The van der Waals surface area contributed by atoms with Gasteiger partial charge in [0.2, 0.25) is 6.79 Å². The third kappa shape index (κ3) is 1.91. The number of aromatic nitrogens is 2. The van der Waals surface area contributed by atoms with Crippen LogP contribution in [0.3, 0.4) is 0 Å². The molecule has 0 radical (unpaired) electrons. The van der Waals surface area contributed by atoms with Crippen LogP contribution in [0.15, 0.2) is 42.7 Å². The van der Waals surface area contributed by atoms with E-state index in [2.05, 4.69) is 9.97 Å². The maximum absolute atomic E-state index is 12.3. The Morgan fingerprint density at radius 2 is 2.00 bits per heavy atom. The zero-order valence-corrected chi connectivity index (χ0v) is 12.6. The highest BCUT2D eigenvalue weighted by Gasteiger charge is 2.36. The molecule has 1 amide bonds. The molecule has 3 heterocycles. The highest BCUT2D eigenvalue weighted by Crippen LogP contribution is 2.39. The molecule has 0 spiro atoms. The summed E-state index contributed by atoms with van der Waals surface area (Å²) in [6.45, 7) is 0.512. The molecule has 1 fully saturated rings. The van der Waals surface area contributed by atoms with E-state index in [-0.39, 0.29) is 18.9 Å². The van der Waals surface area contributed by atoms with Crippen LogP contribution in [0.2, 0.25) is 0 Å². The fraction of sp³-hybridized carbons (Fsp3) is 0.176. The maximum Gasteiger partial charge on any atom is 0.415 e. The molecule has 0 unspecified atom stereocenters. The van der Waals surface area contributed by atoms with Crippen LogP contribution in [0.5, 0.6) is 11.5 Å². The first-order valence-corrected chi connectivity index (χ1v) is 7.58. The number of hydrogen-bond acceptors (Lipinski definition) is 5. The molecule has 7 heteroatoms. The van der Waals surface area contributed by atoms with Crippen LogP contribution in [0.25, 0.3) is 11.0 Å². The highest BCUT2D eigenvalue weighted by molar-refractivity contribution is 5.93. The van der Waals surface area contributed by atoms with Gasteiger partial charge in [0.15, 0.2) is 11.5 Å². The monoisotopic (exact) mass is 323 g/mol. The third-order valence-electron chi connectivity index (χ3n) is 4.34. The lowest BCUT2D eigenvalue weighted by molar-refractivity contribution is 0.174. The second kappa shape index (κ2) is 4.89. The molecule has 24 heavy (non-hydrogen) atoms. The second-order valence-electron chi connectivity index (χ2n) is 5.68.